The van der Waals surface area contributed by atoms with Gasteiger partial charge in [0.25, 0.3) is 10.1 Å². The maximum atomic E-state index is 12.4. The van der Waals surface area contributed by atoms with E-state index in [2.05, 4.69) is 20.1 Å². The molecule has 7 nitrogen and oxygen atoms in total. The van der Waals surface area contributed by atoms with Crippen LogP contribution in [0.25, 0.3) is 11.3 Å². The smallest absolute Gasteiger partial charge is 0.289 e. The van der Waals surface area contributed by atoms with Gasteiger partial charge in [0.2, 0.25) is 5.88 Å². The van der Waals surface area contributed by atoms with Gasteiger partial charge in [-0.15, -0.1) is 0 Å². The highest BCUT2D eigenvalue weighted by atomic mass is 32.2. The van der Waals surface area contributed by atoms with Gasteiger partial charge in [0.15, 0.2) is 0 Å². The number of aryl methyl sites for hydroxylation is 1. The van der Waals surface area contributed by atoms with Gasteiger partial charge in [0.1, 0.15) is 17.7 Å². The van der Waals surface area contributed by atoms with Crippen molar-refractivity contribution in [1.29, 1.82) is 0 Å². The lowest BCUT2D eigenvalue weighted by Crippen LogP contribution is -2.07. The van der Waals surface area contributed by atoms with Crippen LogP contribution in [-0.2, 0) is 11.2 Å². The molecule has 8 heteroatoms. The topological polar surface area (TPSA) is 97.0 Å². The molecule has 0 aliphatic rings. The minimum atomic E-state index is -1.58. The molecule has 3 heterocycles. The van der Waals surface area contributed by atoms with Crippen LogP contribution >= 0.6 is 0 Å². The molecule has 0 saturated carbocycles. The summed E-state index contributed by atoms with van der Waals surface area (Å²) in [6.45, 7) is 1.73. The van der Waals surface area contributed by atoms with Crippen molar-refractivity contribution in [3.8, 4) is 17.1 Å². The first-order chi connectivity index (χ1) is 10.7. The fourth-order valence-electron chi connectivity index (χ4n) is 1.83. The minimum absolute atomic E-state index is 0.248. The van der Waals surface area contributed by atoms with Gasteiger partial charge < -0.3 is 13.8 Å². The van der Waals surface area contributed by atoms with Gasteiger partial charge in [-0.25, -0.2) is 4.98 Å². The lowest BCUT2D eigenvalue weighted by Gasteiger charge is -2.09. The molecular formula is C14H12N4O3S. The summed E-state index contributed by atoms with van der Waals surface area (Å²) in [6, 6.07) is 5.23. The normalized spacial score (nSPS) is 12.1. The van der Waals surface area contributed by atoms with Crippen molar-refractivity contribution in [3.05, 3.63) is 42.5 Å². The molecule has 0 bridgehead atoms. The zero-order chi connectivity index (χ0) is 15.5. The second kappa shape index (κ2) is 6.12. The molecule has 0 aliphatic carbocycles. The van der Waals surface area contributed by atoms with Crippen LogP contribution in [-0.4, -0.2) is 31.8 Å². The quantitative estimate of drug-likeness (QED) is 0.679. The van der Waals surface area contributed by atoms with E-state index in [1.807, 2.05) is 6.07 Å². The van der Waals surface area contributed by atoms with E-state index in [4.69, 9.17) is 9.26 Å². The lowest BCUT2D eigenvalue weighted by molar-refractivity contribution is 0.380. The summed E-state index contributed by atoms with van der Waals surface area (Å²) in [4.78, 5) is 12.6. The third kappa shape index (κ3) is 2.78. The first-order valence-electron chi connectivity index (χ1n) is 6.35. The second-order valence-electron chi connectivity index (χ2n) is 4.35. The van der Waals surface area contributed by atoms with Crippen LogP contribution in [0.4, 0.5) is 0 Å². The molecule has 3 aromatic heterocycles. The standard InChI is InChI=1S/C14H12N4O3S/c1-9-6-11(18-21-9)22(19)12-8-16-13(14(17-12)20-2)10-4-3-5-15-7-10/h3-8H,1-2H3. The van der Waals surface area contributed by atoms with Crippen molar-refractivity contribution in [2.24, 2.45) is 0 Å². The van der Waals surface area contributed by atoms with Crippen LogP contribution in [0.1, 0.15) is 5.76 Å². The Balaban J connectivity index is 1.98. The van der Waals surface area contributed by atoms with E-state index in [0.29, 0.717) is 16.5 Å². The second-order valence-corrected chi connectivity index (χ2v) is 5.73. The summed E-state index contributed by atoms with van der Waals surface area (Å²) in [5.41, 5.74) is 1.30. The summed E-state index contributed by atoms with van der Waals surface area (Å²) in [7, 11) is 1.48. The Kier molecular flexibility index (Phi) is 4.03. The maximum Gasteiger partial charge on any atom is 0.289 e. The lowest BCUT2D eigenvalue weighted by atomic mass is 10.2. The van der Waals surface area contributed by atoms with Gasteiger partial charge in [-0.05, 0) is 24.2 Å². The third-order valence-electron chi connectivity index (χ3n) is 2.83. The fourth-order valence-corrected chi connectivity index (χ4v) is 2.73. The van der Waals surface area contributed by atoms with Crippen molar-refractivity contribution < 1.29 is 13.8 Å². The number of aromatic nitrogens is 4. The molecule has 0 aliphatic heterocycles. The summed E-state index contributed by atoms with van der Waals surface area (Å²) in [6.07, 6.45) is 4.76. The number of hydrogen-bond acceptors (Lipinski definition) is 7. The predicted octanol–water partition coefficient (Wildman–Crippen LogP) is 2.01. The van der Waals surface area contributed by atoms with Crippen LogP contribution in [0.2, 0.25) is 0 Å². The Hall–Kier alpha value is -2.45. The zero-order valence-corrected chi connectivity index (χ0v) is 12.7. The number of ether oxygens (including phenoxy) is 1. The molecule has 0 radical (unpaired) electrons. The maximum absolute atomic E-state index is 12.4. The number of hydrogen-bond donors (Lipinski definition) is 0. The molecule has 22 heavy (non-hydrogen) atoms. The Morgan fingerprint density at radius 2 is 2.14 bits per heavy atom. The Bertz CT molecular complexity index is 779. The summed E-state index contributed by atoms with van der Waals surface area (Å²) in [5, 5.41) is 4.28. The molecule has 1 atom stereocenters. The summed E-state index contributed by atoms with van der Waals surface area (Å²) in [5.74, 6) is 0.856. The molecule has 1 unspecified atom stereocenters. The fraction of sp³-hybridized carbons (Fsp3) is 0.143. The average molecular weight is 316 g/mol. The first-order valence-corrected chi connectivity index (χ1v) is 7.50. The first kappa shape index (κ1) is 14.5. The van der Waals surface area contributed by atoms with E-state index in [0.717, 1.165) is 5.56 Å². The Morgan fingerprint density at radius 1 is 1.27 bits per heavy atom. The largest absolute Gasteiger partial charge is 0.604 e. The van der Waals surface area contributed by atoms with Gasteiger partial charge in [-0.1, -0.05) is 0 Å². The highest BCUT2D eigenvalue weighted by molar-refractivity contribution is 7.91. The van der Waals surface area contributed by atoms with E-state index in [1.165, 1.54) is 13.3 Å². The molecule has 0 aromatic carbocycles. The van der Waals surface area contributed by atoms with Gasteiger partial charge >= 0.3 is 0 Å². The Morgan fingerprint density at radius 3 is 2.77 bits per heavy atom. The van der Waals surface area contributed by atoms with E-state index in [1.54, 1.807) is 31.5 Å². The van der Waals surface area contributed by atoms with E-state index in [9.17, 15) is 4.55 Å². The van der Waals surface area contributed by atoms with E-state index in [-0.39, 0.29) is 10.9 Å². The average Bonchev–Trinajstić information content (AvgIpc) is 3.01. The Labute approximate surface area is 129 Å². The molecule has 0 spiro atoms. The summed E-state index contributed by atoms with van der Waals surface area (Å²) >= 11 is -1.58. The number of nitrogens with zero attached hydrogens (tertiary/aromatic N) is 4. The number of methoxy groups -OCH3 is 1. The molecule has 0 saturated heterocycles. The van der Waals surface area contributed by atoms with Crippen LogP contribution in [0.15, 0.2) is 51.4 Å². The molecule has 112 valence electrons. The van der Waals surface area contributed by atoms with Gasteiger partial charge in [-0.2, -0.15) is 4.98 Å². The van der Waals surface area contributed by atoms with Gasteiger partial charge in [0, 0.05) is 18.0 Å². The molecule has 3 aromatic rings. The number of rotatable bonds is 4. The molecule has 0 fully saturated rings. The van der Waals surface area contributed by atoms with Gasteiger partial charge in [-0.3, -0.25) is 4.98 Å². The third-order valence-corrected chi connectivity index (χ3v) is 3.98. The van der Waals surface area contributed by atoms with E-state index < -0.39 is 11.2 Å². The van der Waals surface area contributed by atoms with Crippen LogP contribution in [0.5, 0.6) is 5.88 Å². The monoisotopic (exact) mass is 316 g/mol. The van der Waals surface area contributed by atoms with Crippen LogP contribution < -0.4 is 4.74 Å². The van der Waals surface area contributed by atoms with Crippen LogP contribution in [0.3, 0.4) is 0 Å². The van der Waals surface area contributed by atoms with Crippen molar-refractivity contribution >= 4 is 11.2 Å². The van der Waals surface area contributed by atoms with Crippen molar-refractivity contribution in [2.45, 2.75) is 17.0 Å². The van der Waals surface area contributed by atoms with Crippen molar-refractivity contribution in [3.63, 3.8) is 0 Å². The molecular weight excluding hydrogens is 304 g/mol. The molecule has 0 amide bonds. The van der Waals surface area contributed by atoms with Crippen molar-refractivity contribution in [2.75, 3.05) is 7.11 Å². The zero-order valence-electron chi connectivity index (χ0n) is 11.9. The molecule has 3 rings (SSSR count). The van der Waals surface area contributed by atoms with E-state index >= 15 is 0 Å². The SMILES string of the molecule is COc1nc([S+]([O-])c2cc(C)on2)cnc1-c1cccnc1. The highest BCUT2D eigenvalue weighted by Crippen LogP contribution is 2.27. The van der Waals surface area contributed by atoms with Crippen molar-refractivity contribution in [1.82, 2.24) is 20.1 Å². The minimum Gasteiger partial charge on any atom is -0.604 e. The number of pyridine rings is 1. The highest BCUT2D eigenvalue weighted by Gasteiger charge is 2.24. The predicted molar refractivity (Wildman–Crippen MR) is 77.7 cm³/mol. The van der Waals surface area contributed by atoms with Crippen LogP contribution in [0, 0.1) is 6.92 Å². The van der Waals surface area contributed by atoms with Gasteiger partial charge in [0.05, 0.1) is 24.4 Å². The molecule has 0 N–H and O–H groups in total. The summed E-state index contributed by atoms with van der Waals surface area (Å²) < 4.78 is 22.6.